The molecule has 1 aliphatic rings. The third-order valence-corrected chi connectivity index (χ3v) is 2.63. The number of ether oxygens (including phenoxy) is 1. The summed E-state index contributed by atoms with van der Waals surface area (Å²) in [7, 11) is 0. The van der Waals surface area contributed by atoms with Crippen LogP contribution in [0, 0.1) is 0 Å². The number of nitrogens with two attached hydrogens (primary N) is 1. The van der Waals surface area contributed by atoms with Gasteiger partial charge in [0.1, 0.15) is 5.75 Å². The Hall–Kier alpha value is -1.06. The lowest BCUT2D eigenvalue weighted by molar-refractivity contribution is 0.142. The Morgan fingerprint density at radius 1 is 1.33 bits per heavy atom. The van der Waals surface area contributed by atoms with E-state index in [1.54, 1.807) is 0 Å². The third-order valence-electron chi connectivity index (χ3n) is 2.63. The van der Waals surface area contributed by atoms with Crippen LogP contribution in [-0.4, -0.2) is 30.6 Å². The smallest absolute Gasteiger partial charge is 0.119 e. The summed E-state index contributed by atoms with van der Waals surface area (Å²) in [5, 5.41) is 0. The van der Waals surface area contributed by atoms with Gasteiger partial charge in [-0.05, 0) is 24.6 Å². The standard InChI is InChI=1S/C12H18N2O/c1-2-15-12-5-3-10(4-6-12)7-14-8-11(13)9-14/h3-6,11H,2,7-9,13H2,1H3. The van der Waals surface area contributed by atoms with E-state index in [9.17, 15) is 0 Å². The first-order valence-corrected chi connectivity index (χ1v) is 5.47. The van der Waals surface area contributed by atoms with E-state index in [2.05, 4.69) is 17.0 Å². The topological polar surface area (TPSA) is 38.5 Å². The molecular weight excluding hydrogens is 188 g/mol. The second-order valence-electron chi connectivity index (χ2n) is 4.03. The van der Waals surface area contributed by atoms with E-state index in [-0.39, 0.29) is 0 Å². The molecule has 82 valence electrons. The van der Waals surface area contributed by atoms with Crippen LogP contribution in [0.1, 0.15) is 12.5 Å². The van der Waals surface area contributed by atoms with Crippen molar-refractivity contribution in [3.05, 3.63) is 29.8 Å². The Kier molecular flexibility index (Phi) is 3.23. The number of benzene rings is 1. The molecule has 1 aromatic carbocycles. The predicted octanol–water partition coefficient (Wildman–Crippen LogP) is 1.23. The zero-order valence-corrected chi connectivity index (χ0v) is 9.15. The van der Waals surface area contributed by atoms with Gasteiger partial charge < -0.3 is 10.5 Å². The maximum Gasteiger partial charge on any atom is 0.119 e. The molecule has 0 radical (unpaired) electrons. The number of hydrogen-bond acceptors (Lipinski definition) is 3. The van der Waals surface area contributed by atoms with Crippen molar-refractivity contribution in [1.82, 2.24) is 4.90 Å². The van der Waals surface area contributed by atoms with Gasteiger partial charge in [-0.25, -0.2) is 0 Å². The first kappa shape index (κ1) is 10.5. The van der Waals surface area contributed by atoms with Gasteiger partial charge in [0.2, 0.25) is 0 Å². The maximum atomic E-state index is 5.72. The minimum Gasteiger partial charge on any atom is -0.494 e. The molecule has 15 heavy (non-hydrogen) atoms. The number of likely N-dealkylation sites (tertiary alicyclic amines) is 1. The van der Waals surface area contributed by atoms with Crippen LogP contribution in [0.15, 0.2) is 24.3 Å². The second kappa shape index (κ2) is 4.64. The predicted molar refractivity (Wildman–Crippen MR) is 60.9 cm³/mol. The Balaban J connectivity index is 1.87. The summed E-state index contributed by atoms with van der Waals surface area (Å²) in [4.78, 5) is 2.35. The summed E-state index contributed by atoms with van der Waals surface area (Å²) in [6.07, 6.45) is 0. The van der Waals surface area contributed by atoms with E-state index in [1.165, 1.54) is 5.56 Å². The van der Waals surface area contributed by atoms with Crippen LogP contribution in [-0.2, 0) is 6.54 Å². The molecule has 0 aliphatic carbocycles. The average Bonchev–Trinajstić information content (AvgIpc) is 2.19. The highest BCUT2D eigenvalue weighted by atomic mass is 16.5. The number of hydrogen-bond donors (Lipinski definition) is 1. The summed E-state index contributed by atoms with van der Waals surface area (Å²) < 4.78 is 5.39. The SMILES string of the molecule is CCOc1ccc(CN2CC(N)C2)cc1. The summed E-state index contributed by atoms with van der Waals surface area (Å²) >= 11 is 0. The highest BCUT2D eigenvalue weighted by molar-refractivity contribution is 5.27. The summed E-state index contributed by atoms with van der Waals surface area (Å²) in [6.45, 7) is 5.76. The second-order valence-corrected chi connectivity index (χ2v) is 4.03. The van der Waals surface area contributed by atoms with Gasteiger partial charge in [0.15, 0.2) is 0 Å². The van der Waals surface area contributed by atoms with Crippen molar-refractivity contribution < 1.29 is 4.74 Å². The molecule has 1 fully saturated rings. The maximum absolute atomic E-state index is 5.72. The highest BCUT2D eigenvalue weighted by Crippen LogP contribution is 2.15. The Morgan fingerprint density at radius 2 is 2.00 bits per heavy atom. The van der Waals surface area contributed by atoms with Crippen molar-refractivity contribution in [2.45, 2.75) is 19.5 Å². The van der Waals surface area contributed by atoms with E-state index in [0.717, 1.165) is 32.0 Å². The van der Waals surface area contributed by atoms with Crippen LogP contribution in [0.4, 0.5) is 0 Å². The molecule has 0 atom stereocenters. The molecule has 3 nitrogen and oxygen atoms in total. The largest absolute Gasteiger partial charge is 0.494 e. The summed E-state index contributed by atoms with van der Waals surface area (Å²) in [5.41, 5.74) is 7.05. The van der Waals surface area contributed by atoms with Crippen LogP contribution in [0.2, 0.25) is 0 Å². The van der Waals surface area contributed by atoms with Gasteiger partial charge in [0.25, 0.3) is 0 Å². The van der Waals surface area contributed by atoms with Crippen molar-refractivity contribution in [3.63, 3.8) is 0 Å². The zero-order valence-electron chi connectivity index (χ0n) is 9.15. The highest BCUT2D eigenvalue weighted by Gasteiger charge is 2.22. The van der Waals surface area contributed by atoms with Crippen molar-refractivity contribution >= 4 is 0 Å². The van der Waals surface area contributed by atoms with Gasteiger partial charge >= 0.3 is 0 Å². The van der Waals surface area contributed by atoms with Crippen LogP contribution in [0.5, 0.6) is 5.75 Å². The minimum absolute atomic E-state index is 0.382. The molecule has 0 aromatic heterocycles. The minimum atomic E-state index is 0.382. The van der Waals surface area contributed by atoms with Crippen LogP contribution in [0.3, 0.4) is 0 Å². The van der Waals surface area contributed by atoms with E-state index in [1.807, 2.05) is 19.1 Å². The van der Waals surface area contributed by atoms with E-state index in [4.69, 9.17) is 10.5 Å². The molecule has 0 saturated carbocycles. The first-order valence-electron chi connectivity index (χ1n) is 5.47. The summed E-state index contributed by atoms with van der Waals surface area (Å²) in [5.74, 6) is 0.946. The molecule has 1 saturated heterocycles. The lowest BCUT2D eigenvalue weighted by atomic mass is 10.1. The van der Waals surface area contributed by atoms with Gasteiger partial charge in [0, 0.05) is 25.7 Å². The van der Waals surface area contributed by atoms with Crippen LogP contribution >= 0.6 is 0 Å². The van der Waals surface area contributed by atoms with Crippen LogP contribution in [0.25, 0.3) is 0 Å². The molecule has 0 spiro atoms. The van der Waals surface area contributed by atoms with Crippen molar-refractivity contribution in [3.8, 4) is 5.75 Å². The fourth-order valence-electron chi connectivity index (χ4n) is 1.85. The van der Waals surface area contributed by atoms with Crippen LogP contribution < -0.4 is 10.5 Å². The van der Waals surface area contributed by atoms with Gasteiger partial charge in [-0.1, -0.05) is 12.1 Å². The third kappa shape index (κ3) is 2.70. The first-order chi connectivity index (χ1) is 7.28. The molecule has 1 aliphatic heterocycles. The molecule has 3 heteroatoms. The van der Waals surface area contributed by atoms with E-state index in [0.29, 0.717) is 6.04 Å². The number of rotatable bonds is 4. The Labute approximate surface area is 90.8 Å². The molecule has 1 aromatic rings. The number of nitrogens with zero attached hydrogens (tertiary/aromatic N) is 1. The average molecular weight is 206 g/mol. The zero-order chi connectivity index (χ0) is 10.7. The van der Waals surface area contributed by atoms with Crippen molar-refractivity contribution in [2.75, 3.05) is 19.7 Å². The molecule has 0 bridgehead atoms. The molecule has 1 heterocycles. The molecule has 0 unspecified atom stereocenters. The van der Waals surface area contributed by atoms with E-state index < -0.39 is 0 Å². The van der Waals surface area contributed by atoms with Gasteiger partial charge in [-0.3, -0.25) is 4.90 Å². The molecular formula is C12H18N2O. The normalized spacial score (nSPS) is 17.5. The van der Waals surface area contributed by atoms with Gasteiger partial charge in [-0.15, -0.1) is 0 Å². The van der Waals surface area contributed by atoms with Crippen molar-refractivity contribution in [1.29, 1.82) is 0 Å². The lowest BCUT2D eigenvalue weighted by Gasteiger charge is -2.36. The monoisotopic (exact) mass is 206 g/mol. The fourth-order valence-corrected chi connectivity index (χ4v) is 1.85. The van der Waals surface area contributed by atoms with E-state index >= 15 is 0 Å². The van der Waals surface area contributed by atoms with Gasteiger partial charge in [0.05, 0.1) is 6.61 Å². The molecule has 0 amide bonds. The Morgan fingerprint density at radius 3 is 2.53 bits per heavy atom. The molecule has 2 N–H and O–H groups in total. The Bertz CT molecular complexity index is 304. The molecule has 2 rings (SSSR count). The van der Waals surface area contributed by atoms with Gasteiger partial charge in [-0.2, -0.15) is 0 Å². The lowest BCUT2D eigenvalue weighted by Crippen LogP contribution is -2.54. The fraction of sp³-hybridized carbons (Fsp3) is 0.500. The summed E-state index contributed by atoms with van der Waals surface area (Å²) in [6, 6.07) is 8.67. The quantitative estimate of drug-likeness (QED) is 0.805. The van der Waals surface area contributed by atoms with Crippen molar-refractivity contribution in [2.24, 2.45) is 5.73 Å².